The van der Waals surface area contributed by atoms with Gasteiger partial charge in [-0.3, -0.25) is 19.8 Å². The summed E-state index contributed by atoms with van der Waals surface area (Å²) in [7, 11) is 0. The number of para-hydroxylation sites is 1. The molecule has 0 unspecified atom stereocenters. The van der Waals surface area contributed by atoms with Crippen LogP contribution in [0.3, 0.4) is 0 Å². The molecule has 0 radical (unpaired) electrons. The summed E-state index contributed by atoms with van der Waals surface area (Å²) >= 11 is 6.30. The van der Waals surface area contributed by atoms with Crippen molar-refractivity contribution in [3.63, 3.8) is 0 Å². The molecule has 0 bridgehead atoms. The van der Waals surface area contributed by atoms with Gasteiger partial charge < -0.3 is 15.1 Å². The van der Waals surface area contributed by atoms with E-state index in [0.29, 0.717) is 38.0 Å². The maximum Gasteiger partial charge on any atom is 0.423 e. The third-order valence-electron chi connectivity index (χ3n) is 7.15. The second-order valence-electron chi connectivity index (χ2n) is 9.67. The summed E-state index contributed by atoms with van der Waals surface area (Å²) in [6.07, 6.45) is -2.46. The van der Waals surface area contributed by atoms with E-state index in [-0.39, 0.29) is 11.9 Å². The van der Waals surface area contributed by atoms with Crippen LogP contribution in [0.1, 0.15) is 31.2 Å². The minimum Gasteiger partial charge on any atom is -0.371 e. The van der Waals surface area contributed by atoms with Crippen LogP contribution < -0.4 is 15.1 Å². The fourth-order valence-corrected chi connectivity index (χ4v) is 5.33. The number of nitrogens with one attached hydrogen (secondary N) is 1. The molecule has 1 amide bonds. The summed E-state index contributed by atoms with van der Waals surface area (Å²) in [6, 6.07) is 10.9. The Balaban J connectivity index is 1.17. The monoisotopic (exact) mass is 553 g/mol. The molecule has 2 aromatic rings. The molecule has 0 atom stereocenters. The SMILES string of the molecule is O=C(CCCN1CCN(c2ccccc2Cl)CC1)NC1CCN(c2ccc([N+](=O)[O-])c(C(F)(F)F)c2)CC1. The molecule has 12 heteroatoms. The molecule has 0 spiro atoms. The molecule has 0 saturated carbocycles. The number of anilines is 2. The van der Waals surface area contributed by atoms with E-state index in [1.165, 1.54) is 6.07 Å². The van der Waals surface area contributed by atoms with Crippen molar-refractivity contribution < 1.29 is 22.9 Å². The van der Waals surface area contributed by atoms with Crippen LogP contribution in [0.15, 0.2) is 42.5 Å². The molecular weight excluding hydrogens is 523 g/mol. The van der Waals surface area contributed by atoms with E-state index < -0.39 is 22.4 Å². The molecule has 2 aromatic carbocycles. The molecule has 2 fully saturated rings. The average molecular weight is 554 g/mol. The van der Waals surface area contributed by atoms with Gasteiger partial charge in [0.25, 0.3) is 5.69 Å². The second kappa shape index (κ2) is 12.2. The Kier molecular flexibility index (Phi) is 8.99. The number of carbonyl (C=O) groups excluding carboxylic acids is 1. The normalized spacial score (nSPS) is 17.5. The minimum absolute atomic E-state index is 0.0205. The van der Waals surface area contributed by atoms with Crippen LogP contribution in [0.25, 0.3) is 0 Å². The van der Waals surface area contributed by atoms with Crippen LogP contribution in [0.5, 0.6) is 0 Å². The smallest absolute Gasteiger partial charge is 0.371 e. The van der Waals surface area contributed by atoms with Crippen molar-refractivity contribution in [3.05, 3.63) is 63.2 Å². The molecule has 2 heterocycles. The summed E-state index contributed by atoms with van der Waals surface area (Å²) in [5, 5.41) is 14.8. The highest BCUT2D eigenvalue weighted by Crippen LogP contribution is 2.38. The summed E-state index contributed by atoms with van der Waals surface area (Å²) in [5.41, 5.74) is -0.859. The molecule has 38 heavy (non-hydrogen) atoms. The summed E-state index contributed by atoms with van der Waals surface area (Å²) < 4.78 is 39.9. The van der Waals surface area contributed by atoms with Crippen molar-refractivity contribution in [1.82, 2.24) is 10.2 Å². The number of piperidine rings is 1. The van der Waals surface area contributed by atoms with E-state index in [9.17, 15) is 28.1 Å². The van der Waals surface area contributed by atoms with E-state index >= 15 is 0 Å². The van der Waals surface area contributed by atoms with Crippen molar-refractivity contribution in [2.75, 3.05) is 55.6 Å². The first-order chi connectivity index (χ1) is 18.1. The van der Waals surface area contributed by atoms with Gasteiger partial charge in [0.2, 0.25) is 5.91 Å². The maximum absolute atomic E-state index is 13.3. The van der Waals surface area contributed by atoms with Crippen molar-refractivity contribution >= 4 is 34.6 Å². The third-order valence-corrected chi connectivity index (χ3v) is 7.47. The van der Waals surface area contributed by atoms with Gasteiger partial charge in [-0.15, -0.1) is 0 Å². The molecule has 2 aliphatic rings. The van der Waals surface area contributed by atoms with Gasteiger partial charge in [0.1, 0.15) is 5.56 Å². The van der Waals surface area contributed by atoms with Gasteiger partial charge in [-0.1, -0.05) is 23.7 Å². The molecule has 2 saturated heterocycles. The van der Waals surface area contributed by atoms with E-state index in [0.717, 1.165) is 62.0 Å². The molecule has 0 aliphatic carbocycles. The van der Waals surface area contributed by atoms with Crippen molar-refractivity contribution in [2.45, 2.75) is 37.9 Å². The molecule has 2 aliphatic heterocycles. The van der Waals surface area contributed by atoms with Crippen molar-refractivity contribution in [3.8, 4) is 0 Å². The van der Waals surface area contributed by atoms with E-state index in [2.05, 4.69) is 15.1 Å². The van der Waals surface area contributed by atoms with Crippen LogP contribution in [0.2, 0.25) is 5.02 Å². The molecule has 206 valence electrons. The van der Waals surface area contributed by atoms with Gasteiger partial charge in [-0.05, 0) is 50.1 Å². The number of nitro benzene ring substituents is 1. The minimum atomic E-state index is -4.81. The van der Waals surface area contributed by atoms with E-state index in [4.69, 9.17) is 11.6 Å². The van der Waals surface area contributed by atoms with Gasteiger partial charge in [0.05, 0.1) is 15.6 Å². The van der Waals surface area contributed by atoms with Gasteiger partial charge in [0, 0.05) is 63.5 Å². The van der Waals surface area contributed by atoms with E-state index in [1.54, 1.807) is 4.90 Å². The number of nitrogens with zero attached hydrogens (tertiary/aromatic N) is 4. The highest BCUT2D eigenvalue weighted by molar-refractivity contribution is 6.33. The fraction of sp³-hybridized carbons (Fsp3) is 0.500. The number of benzene rings is 2. The first kappa shape index (κ1) is 28.0. The van der Waals surface area contributed by atoms with Gasteiger partial charge >= 0.3 is 6.18 Å². The molecule has 8 nitrogen and oxygen atoms in total. The molecule has 4 rings (SSSR count). The Morgan fingerprint density at radius 2 is 1.71 bits per heavy atom. The van der Waals surface area contributed by atoms with Crippen LogP contribution in [0.4, 0.5) is 30.2 Å². The van der Waals surface area contributed by atoms with Gasteiger partial charge in [-0.25, -0.2) is 0 Å². The topological polar surface area (TPSA) is 82.0 Å². The average Bonchev–Trinajstić information content (AvgIpc) is 2.89. The Morgan fingerprint density at radius 3 is 2.34 bits per heavy atom. The first-order valence-corrected chi connectivity index (χ1v) is 13.1. The predicted molar refractivity (Wildman–Crippen MR) is 141 cm³/mol. The highest BCUT2D eigenvalue weighted by Gasteiger charge is 2.39. The van der Waals surface area contributed by atoms with Gasteiger partial charge in [0.15, 0.2) is 0 Å². The zero-order valence-corrected chi connectivity index (χ0v) is 21.7. The number of rotatable bonds is 8. The highest BCUT2D eigenvalue weighted by atomic mass is 35.5. The Labute approximate surface area is 224 Å². The number of hydrogen-bond donors (Lipinski definition) is 1. The molecule has 0 aromatic heterocycles. The lowest BCUT2D eigenvalue weighted by Crippen LogP contribution is -2.47. The Morgan fingerprint density at radius 1 is 1.03 bits per heavy atom. The number of amides is 1. The van der Waals surface area contributed by atoms with Crippen LogP contribution in [0, 0.1) is 10.1 Å². The molecular formula is C26H31ClF3N5O3. The van der Waals surface area contributed by atoms with Crippen molar-refractivity contribution in [2.24, 2.45) is 0 Å². The lowest BCUT2D eigenvalue weighted by molar-refractivity contribution is -0.388. The number of hydrogen-bond acceptors (Lipinski definition) is 6. The van der Waals surface area contributed by atoms with Crippen molar-refractivity contribution in [1.29, 1.82) is 0 Å². The summed E-state index contributed by atoms with van der Waals surface area (Å²) in [5.74, 6) is -0.0205. The molecule has 1 N–H and O–H groups in total. The lowest BCUT2D eigenvalue weighted by Gasteiger charge is -2.36. The van der Waals surface area contributed by atoms with Crippen LogP contribution in [-0.2, 0) is 11.0 Å². The zero-order chi connectivity index (χ0) is 27.3. The third kappa shape index (κ3) is 7.08. The zero-order valence-electron chi connectivity index (χ0n) is 20.9. The number of alkyl halides is 3. The van der Waals surface area contributed by atoms with Crippen LogP contribution >= 0.6 is 11.6 Å². The maximum atomic E-state index is 13.3. The standard InChI is InChI=1S/C26H31ClF3N5O3/c27-22-4-1-2-5-24(22)34-16-14-32(15-17-34)11-3-6-25(36)31-19-9-12-33(13-10-19)20-7-8-23(35(37)38)21(18-20)26(28,29)30/h1-2,4-5,7-8,18-19H,3,6,9-17H2,(H,31,36). The number of carbonyl (C=O) groups is 1. The fourth-order valence-electron chi connectivity index (χ4n) is 5.07. The number of halogens is 4. The summed E-state index contributed by atoms with van der Waals surface area (Å²) in [6.45, 7) is 5.32. The quantitative estimate of drug-likeness (QED) is 0.368. The van der Waals surface area contributed by atoms with Gasteiger partial charge in [-0.2, -0.15) is 13.2 Å². The predicted octanol–water partition coefficient (Wildman–Crippen LogP) is 4.95. The first-order valence-electron chi connectivity index (χ1n) is 12.7. The second-order valence-corrected chi connectivity index (χ2v) is 10.1. The number of piperazine rings is 1. The largest absolute Gasteiger partial charge is 0.423 e. The van der Waals surface area contributed by atoms with Crippen LogP contribution in [-0.4, -0.2) is 67.6 Å². The summed E-state index contributed by atoms with van der Waals surface area (Å²) in [4.78, 5) is 28.8. The Bertz CT molecular complexity index is 1130. The Hall–Kier alpha value is -3.05. The lowest BCUT2D eigenvalue weighted by atomic mass is 10.0. The van der Waals surface area contributed by atoms with E-state index in [1.807, 2.05) is 24.3 Å². The number of nitro groups is 1.